The average Bonchev–Trinajstić information content (AvgIpc) is 2.01. The van der Waals surface area contributed by atoms with Crippen molar-refractivity contribution in [3.05, 3.63) is 0 Å². The molecular formula is C9H19N3O2. The van der Waals surface area contributed by atoms with Crippen LogP contribution in [0.2, 0.25) is 0 Å². The van der Waals surface area contributed by atoms with Gasteiger partial charge in [-0.3, -0.25) is 5.41 Å². The highest BCUT2D eigenvalue weighted by Crippen LogP contribution is 1.99. The minimum atomic E-state index is -0.406. The van der Waals surface area contributed by atoms with Gasteiger partial charge in [-0.05, 0) is 20.3 Å². The van der Waals surface area contributed by atoms with E-state index in [1.54, 1.807) is 13.8 Å². The zero-order valence-corrected chi connectivity index (χ0v) is 9.04. The number of nitrogens with zero attached hydrogens (tertiary/aromatic N) is 1. The van der Waals surface area contributed by atoms with Crippen LogP contribution in [-0.2, 0) is 4.74 Å². The summed E-state index contributed by atoms with van der Waals surface area (Å²) in [6.07, 6.45) is 0.270. The third kappa shape index (κ3) is 5.40. The van der Waals surface area contributed by atoms with Crippen molar-refractivity contribution in [3.63, 3.8) is 0 Å². The van der Waals surface area contributed by atoms with E-state index in [1.165, 1.54) is 4.90 Å². The molecular weight excluding hydrogens is 182 g/mol. The van der Waals surface area contributed by atoms with Gasteiger partial charge < -0.3 is 15.4 Å². The number of rotatable bonds is 5. The first kappa shape index (κ1) is 12.7. The fourth-order valence-electron chi connectivity index (χ4n) is 0.987. The molecule has 0 spiro atoms. The van der Waals surface area contributed by atoms with Crippen LogP contribution in [-0.4, -0.2) is 36.0 Å². The molecule has 0 aliphatic carbocycles. The first-order valence-corrected chi connectivity index (χ1v) is 4.75. The smallest absolute Gasteiger partial charge is 0.410 e. The summed E-state index contributed by atoms with van der Waals surface area (Å²) in [4.78, 5) is 12.9. The van der Waals surface area contributed by atoms with Crippen LogP contribution < -0.4 is 5.73 Å². The van der Waals surface area contributed by atoms with Gasteiger partial charge in [0.2, 0.25) is 0 Å². The number of carbonyl (C=O) groups is 1. The lowest BCUT2D eigenvalue weighted by Crippen LogP contribution is -2.39. The molecule has 1 amide bonds. The van der Waals surface area contributed by atoms with Crippen LogP contribution in [0.3, 0.4) is 0 Å². The van der Waals surface area contributed by atoms with Crippen molar-refractivity contribution in [3.8, 4) is 0 Å². The molecule has 0 saturated heterocycles. The summed E-state index contributed by atoms with van der Waals surface area (Å²) in [5, 5.41) is 7.11. The molecule has 14 heavy (non-hydrogen) atoms. The SMILES string of the molecule is CCCN(CC(=N)N)C(=O)OC(C)C. The standard InChI is InChI=1S/C9H19N3O2/c1-4-5-12(6-8(10)11)9(13)14-7(2)3/h7H,4-6H2,1-3H3,(H3,10,11). The Morgan fingerprint density at radius 3 is 2.50 bits per heavy atom. The van der Waals surface area contributed by atoms with Gasteiger partial charge in [-0.2, -0.15) is 0 Å². The molecule has 0 saturated carbocycles. The number of carbonyl (C=O) groups excluding carboxylic acids is 1. The summed E-state index contributed by atoms with van der Waals surface area (Å²) in [5.41, 5.74) is 5.23. The minimum Gasteiger partial charge on any atom is -0.447 e. The lowest BCUT2D eigenvalue weighted by molar-refractivity contribution is 0.0811. The number of hydrogen-bond donors (Lipinski definition) is 2. The Bertz CT molecular complexity index is 204. The van der Waals surface area contributed by atoms with Crippen molar-refractivity contribution >= 4 is 11.9 Å². The molecule has 0 aromatic heterocycles. The van der Waals surface area contributed by atoms with Crippen molar-refractivity contribution in [2.45, 2.75) is 33.3 Å². The molecule has 0 aliphatic rings. The summed E-state index contributed by atoms with van der Waals surface area (Å²) >= 11 is 0. The fraction of sp³-hybridized carbons (Fsp3) is 0.778. The molecule has 0 aliphatic heterocycles. The highest BCUT2D eigenvalue weighted by Gasteiger charge is 2.15. The molecule has 82 valence electrons. The van der Waals surface area contributed by atoms with Gasteiger partial charge in [0.15, 0.2) is 0 Å². The number of nitrogens with one attached hydrogen (secondary N) is 1. The number of amidine groups is 1. The van der Waals surface area contributed by atoms with E-state index in [2.05, 4.69) is 0 Å². The largest absolute Gasteiger partial charge is 0.447 e. The van der Waals surface area contributed by atoms with Crippen LogP contribution >= 0.6 is 0 Å². The minimum absolute atomic E-state index is 0.0286. The van der Waals surface area contributed by atoms with Gasteiger partial charge in [-0.15, -0.1) is 0 Å². The molecule has 0 atom stereocenters. The first-order valence-electron chi connectivity index (χ1n) is 4.75. The molecule has 5 nitrogen and oxygen atoms in total. The van der Waals surface area contributed by atoms with E-state index >= 15 is 0 Å². The van der Waals surface area contributed by atoms with E-state index in [-0.39, 0.29) is 18.5 Å². The number of amides is 1. The third-order valence-corrected chi connectivity index (χ3v) is 1.45. The topological polar surface area (TPSA) is 79.4 Å². The molecule has 3 N–H and O–H groups in total. The van der Waals surface area contributed by atoms with Gasteiger partial charge in [-0.1, -0.05) is 6.92 Å². The van der Waals surface area contributed by atoms with Crippen molar-refractivity contribution in [2.75, 3.05) is 13.1 Å². The van der Waals surface area contributed by atoms with Crippen molar-refractivity contribution in [1.29, 1.82) is 5.41 Å². The molecule has 0 heterocycles. The Balaban J connectivity index is 4.17. The fourth-order valence-corrected chi connectivity index (χ4v) is 0.987. The molecule has 0 rings (SSSR count). The average molecular weight is 201 g/mol. The lowest BCUT2D eigenvalue weighted by Gasteiger charge is -2.21. The quantitative estimate of drug-likeness (QED) is 0.517. The van der Waals surface area contributed by atoms with E-state index in [9.17, 15) is 4.79 Å². The van der Waals surface area contributed by atoms with E-state index in [4.69, 9.17) is 15.9 Å². The normalized spacial score (nSPS) is 10.0. The van der Waals surface area contributed by atoms with Gasteiger partial charge in [0.25, 0.3) is 0 Å². The molecule has 5 heteroatoms. The molecule has 0 aromatic rings. The second kappa shape index (κ2) is 6.23. The Morgan fingerprint density at radius 1 is 1.57 bits per heavy atom. The van der Waals surface area contributed by atoms with Crippen LogP contribution in [0, 0.1) is 5.41 Å². The third-order valence-electron chi connectivity index (χ3n) is 1.45. The summed E-state index contributed by atoms with van der Waals surface area (Å²) in [7, 11) is 0. The Kier molecular flexibility index (Phi) is 5.67. The Labute approximate surface area is 84.7 Å². The van der Waals surface area contributed by atoms with E-state index in [1.807, 2.05) is 6.92 Å². The van der Waals surface area contributed by atoms with E-state index in [0.717, 1.165) is 6.42 Å². The number of hydrogen-bond acceptors (Lipinski definition) is 3. The summed E-state index contributed by atoms with van der Waals surface area (Å²) in [5.74, 6) is -0.0286. The van der Waals surface area contributed by atoms with Gasteiger partial charge in [0.05, 0.1) is 12.6 Å². The van der Waals surface area contributed by atoms with Crippen LogP contribution in [0.25, 0.3) is 0 Å². The highest BCUT2D eigenvalue weighted by molar-refractivity contribution is 5.82. The Hall–Kier alpha value is -1.26. The highest BCUT2D eigenvalue weighted by atomic mass is 16.6. The van der Waals surface area contributed by atoms with Crippen molar-refractivity contribution in [1.82, 2.24) is 4.90 Å². The lowest BCUT2D eigenvalue weighted by atomic mass is 10.4. The molecule has 0 aromatic carbocycles. The first-order chi connectivity index (χ1) is 6.47. The maximum atomic E-state index is 11.4. The van der Waals surface area contributed by atoms with Crippen LogP contribution in [0.1, 0.15) is 27.2 Å². The Morgan fingerprint density at radius 2 is 2.14 bits per heavy atom. The summed E-state index contributed by atoms with van der Waals surface area (Å²) in [6, 6.07) is 0. The van der Waals surface area contributed by atoms with Gasteiger partial charge in [0, 0.05) is 6.54 Å². The van der Waals surface area contributed by atoms with E-state index in [0.29, 0.717) is 6.54 Å². The predicted molar refractivity (Wildman–Crippen MR) is 55.4 cm³/mol. The maximum absolute atomic E-state index is 11.4. The van der Waals surface area contributed by atoms with Crippen molar-refractivity contribution in [2.24, 2.45) is 5.73 Å². The van der Waals surface area contributed by atoms with Crippen LogP contribution in [0.4, 0.5) is 4.79 Å². The molecule has 0 radical (unpaired) electrons. The zero-order chi connectivity index (χ0) is 11.1. The van der Waals surface area contributed by atoms with Gasteiger partial charge in [0.1, 0.15) is 5.84 Å². The van der Waals surface area contributed by atoms with Gasteiger partial charge >= 0.3 is 6.09 Å². The van der Waals surface area contributed by atoms with E-state index < -0.39 is 6.09 Å². The van der Waals surface area contributed by atoms with Crippen LogP contribution in [0.15, 0.2) is 0 Å². The number of ether oxygens (including phenoxy) is 1. The summed E-state index contributed by atoms with van der Waals surface area (Å²) in [6.45, 7) is 6.23. The van der Waals surface area contributed by atoms with Crippen molar-refractivity contribution < 1.29 is 9.53 Å². The maximum Gasteiger partial charge on any atom is 0.410 e. The number of nitrogens with two attached hydrogens (primary N) is 1. The van der Waals surface area contributed by atoms with Gasteiger partial charge in [-0.25, -0.2) is 4.79 Å². The predicted octanol–water partition coefficient (Wildman–Crippen LogP) is 1.18. The zero-order valence-electron chi connectivity index (χ0n) is 9.04. The second-order valence-electron chi connectivity index (χ2n) is 3.38. The molecule has 0 fully saturated rings. The second-order valence-corrected chi connectivity index (χ2v) is 3.38. The molecule has 0 bridgehead atoms. The summed E-state index contributed by atoms with van der Waals surface area (Å²) < 4.78 is 5.00. The monoisotopic (exact) mass is 201 g/mol. The molecule has 0 unspecified atom stereocenters. The van der Waals surface area contributed by atoms with Crippen LogP contribution in [0.5, 0.6) is 0 Å².